The van der Waals surface area contributed by atoms with Crippen LogP contribution in [0.5, 0.6) is 0 Å². The Morgan fingerprint density at radius 2 is 1.78 bits per heavy atom. The molecule has 1 aliphatic heterocycles. The Morgan fingerprint density at radius 3 is 2.22 bits per heavy atom. The number of carbonyl (C=O) groups excluding carboxylic acids is 1. The summed E-state index contributed by atoms with van der Waals surface area (Å²) in [5.41, 5.74) is -0.576. The molecule has 2 aliphatic carbocycles. The highest BCUT2D eigenvalue weighted by molar-refractivity contribution is 5.85. The van der Waals surface area contributed by atoms with E-state index in [1.807, 2.05) is 0 Å². The van der Waals surface area contributed by atoms with Crippen molar-refractivity contribution in [1.29, 1.82) is 0 Å². The molecule has 0 bridgehead atoms. The van der Waals surface area contributed by atoms with Crippen molar-refractivity contribution in [1.82, 2.24) is 10.6 Å². The summed E-state index contributed by atoms with van der Waals surface area (Å²) in [6.45, 7) is 1.75. The van der Waals surface area contributed by atoms with Crippen molar-refractivity contribution in [2.24, 2.45) is 11.8 Å². The lowest BCUT2D eigenvalue weighted by molar-refractivity contribution is -0.147. The van der Waals surface area contributed by atoms with Crippen LogP contribution in [0.15, 0.2) is 0 Å². The Morgan fingerprint density at radius 1 is 1.22 bits per heavy atom. The summed E-state index contributed by atoms with van der Waals surface area (Å²) in [6.07, 6.45) is 6.76. The second kappa shape index (κ2) is 4.82. The number of amides is 1. The molecule has 0 spiro atoms. The first-order chi connectivity index (χ1) is 8.75. The van der Waals surface area contributed by atoms with E-state index in [0.29, 0.717) is 6.04 Å². The first kappa shape index (κ1) is 12.4. The van der Waals surface area contributed by atoms with Gasteiger partial charge in [0.15, 0.2) is 0 Å². The molecule has 1 amide bonds. The molecule has 3 fully saturated rings. The molecule has 0 unspecified atom stereocenters. The number of hydrogen-bond acceptors (Lipinski definition) is 3. The predicted molar refractivity (Wildman–Crippen MR) is 69.2 cm³/mol. The van der Waals surface area contributed by atoms with E-state index < -0.39 is 5.60 Å². The monoisotopic (exact) mass is 252 g/mol. The topological polar surface area (TPSA) is 50.4 Å². The van der Waals surface area contributed by atoms with Crippen LogP contribution in [-0.4, -0.2) is 37.7 Å². The van der Waals surface area contributed by atoms with E-state index in [0.717, 1.165) is 37.8 Å². The molecule has 0 aromatic heterocycles. The maximum absolute atomic E-state index is 12.6. The number of piperidine rings is 1. The van der Waals surface area contributed by atoms with Crippen LogP contribution in [0.25, 0.3) is 0 Å². The van der Waals surface area contributed by atoms with Gasteiger partial charge in [0.05, 0.1) is 0 Å². The molecule has 2 saturated carbocycles. The number of carbonyl (C=O) groups is 1. The van der Waals surface area contributed by atoms with Crippen LogP contribution in [0.1, 0.15) is 38.5 Å². The normalized spacial score (nSPS) is 27.2. The Bertz CT molecular complexity index is 306. The SMILES string of the molecule is COC1(C(=O)NC(C2CC2)C2CC2)CCNCC1. The third kappa shape index (κ3) is 2.41. The highest BCUT2D eigenvalue weighted by Gasteiger charge is 2.46. The third-order valence-electron chi connectivity index (χ3n) is 4.77. The first-order valence-electron chi connectivity index (χ1n) is 7.32. The Kier molecular flexibility index (Phi) is 3.32. The average Bonchev–Trinajstić information content (AvgIpc) is 3.29. The summed E-state index contributed by atoms with van der Waals surface area (Å²) in [5.74, 6) is 1.63. The second-order valence-electron chi connectivity index (χ2n) is 6.12. The van der Waals surface area contributed by atoms with Crippen molar-refractivity contribution in [2.45, 2.75) is 50.2 Å². The van der Waals surface area contributed by atoms with Gasteiger partial charge in [0.25, 0.3) is 5.91 Å². The number of ether oxygens (including phenoxy) is 1. The minimum absolute atomic E-state index is 0.135. The Labute approximate surface area is 109 Å². The van der Waals surface area contributed by atoms with Crippen LogP contribution in [0, 0.1) is 11.8 Å². The lowest BCUT2D eigenvalue weighted by Crippen LogP contribution is -2.56. The van der Waals surface area contributed by atoms with Gasteiger partial charge in [-0.1, -0.05) is 0 Å². The quantitative estimate of drug-likeness (QED) is 0.769. The van der Waals surface area contributed by atoms with E-state index in [9.17, 15) is 4.79 Å². The van der Waals surface area contributed by atoms with Crippen LogP contribution in [-0.2, 0) is 9.53 Å². The Balaban J connectivity index is 1.64. The summed E-state index contributed by atoms with van der Waals surface area (Å²) in [4.78, 5) is 12.6. The number of nitrogens with one attached hydrogen (secondary N) is 2. The van der Waals surface area contributed by atoms with Gasteiger partial charge in [-0.2, -0.15) is 0 Å². The molecule has 3 aliphatic rings. The smallest absolute Gasteiger partial charge is 0.252 e. The van der Waals surface area contributed by atoms with Gasteiger partial charge in [0, 0.05) is 13.2 Å². The van der Waals surface area contributed by atoms with Gasteiger partial charge in [0.1, 0.15) is 5.60 Å². The zero-order valence-corrected chi connectivity index (χ0v) is 11.2. The molecule has 0 atom stereocenters. The number of methoxy groups -OCH3 is 1. The van der Waals surface area contributed by atoms with Gasteiger partial charge >= 0.3 is 0 Å². The fourth-order valence-electron chi connectivity index (χ4n) is 3.17. The van der Waals surface area contributed by atoms with Gasteiger partial charge in [-0.3, -0.25) is 4.79 Å². The van der Waals surface area contributed by atoms with E-state index in [-0.39, 0.29) is 5.91 Å². The van der Waals surface area contributed by atoms with Crippen molar-refractivity contribution >= 4 is 5.91 Å². The van der Waals surface area contributed by atoms with Crippen LogP contribution in [0.3, 0.4) is 0 Å². The van der Waals surface area contributed by atoms with E-state index in [1.165, 1.54) is 25.7 Å². The van der Waals surface area contributed by atoms with Crippen molar-refractivity contribution in [3.63, 3.8) is 0 Å². The second-order valence-corrected chi connectivity index (χ2v) is 6.12. The summed E-state index contributed by atoms with van der Waals surface area (Å²) >= 11 is 0. The zero-order chi connectivity index (χ0) is 12.6. The molecule has 0 radical (unpaired) electrons. The third-order valence-corrected chi connectivity index (χ3v) is 4.77. The lowest BCUT2D eigenvalue weighted by Gasteiger charge is -2.36. The minimum atomic E-state index is -0.576. The average molecular weight is 252 g/mol. The van der Waals surface area contributed by atoms with E-state index >= 15 is 0 Å². The summed E-state index contributed by atoms with van der Waals surface area (Å²) < 4.78 is 5.59. The molecule has 4 heteroatoms. The molecule has 4 nitrogen and oxygen atoms in total. The molecule has 2 N–H and O–H groups in total. The maximum Gasteiger partial charge on any atom is 0.252 e. The van der Waals surface area contributed by atoms with Gasteiger partial charge in [-0.15, -0.1) is 0 Å². The molecule has 3 rings (SSSR count). The van der Waals surface area contributed by atoms with Crippen molar-refractivity contribution in [2.75, 3.05) is 20.2 Å². The highest BCUT2D eigenvalue weighted by atomic mass is 16.5. The molecule has 1 heterocycles. The molecule has 18 heavy (non-hydrogen) atoms. The van der Waals surface area contributed by atoms with Crippen LogP contribution < -0.4 is 10.6 Å². The maximum atomic E-state index is 12.6. The van der Waals surface area contributed by atoms with E-state index in [2.05, 4.69) is 10.6 Å². The Hall–Kier alpha value is -0.610. The molecule has 1 saturated heterocycles. The van der Waals surface area contributed by atoms with E-state index in [1.54, 1.807) is 7.11 Å². The number of rotatable bonds is 5. The van der Waals surface area contributed by atoms with Crippen molar-refractivity contribution in [3.8, 4) is 0 Å². The summed E-state index contributed by atoms with van der Waals surface area (Å²) in [6, 6.07) is 0.430. The number of hydrogen-bond donors (Lipinski definition) is 2. The van der Waals surface area contributed by atoms with Gasteiger partial charge < -0.3 is 15.4 Å². The fraction of sp³-hybridized carbons (Fsp3) is 0.929. The first-order valence-corrected chi connectivity index (χ1v) is 7.32. The highest BCUT2D eigenvalue weighted by Crippen LogP contribution is 2.44. The largest absolute Gasteiger partial charge is 0.368 e. The minimum Gasteiger partial charge on any atom is -0.368 e. The van der Waals surface area contributed by atoms with Crippen LogP contribution in [0.2, 0.25) is 0 Å². The molecule has 0 aromatic carbocycles. The molecular weight excluding hydrogens is 228 g/mol. The standard InChI is InChI=1S/C14H24N2O2/c1-18-14(6-8-15-9-7-14)13(17)16-12(10-2-3-10)11-4-5-11/h10-12,15H,2-9H2,1H3,(H,16,17). The van der Waals surface area contributed by atoms with Crippen LogP contribution in [0.4, 0.5) is 0 Å². The predicted octanol–water partition coefficient (Wildman–Crippen LogP) is 1.06. The summed E-state index contributed by atoms with van der Waals surface area (Å²) in [5, 5.41) is 6.60. The zero-order valence-electron chi connectivity index (χ0n) is 11.2. The van der Waals surface area contributed by atoms with Gasteiger partial charge in [0.2, 0.25) is 0 Å². The molecule has 102 valence electrons. The molecule has 0 aromatic rings. The van der Waals surface area contributed by atoms with E-state index in [4.69, 9.17) is 4.74 Å². The molecular formula is C14H24N2O2. The lowest BCUT2D eigenvalue weighted by atomic mass is 9.90. The van der Waals surface area contributed by atoms with Gasteiger partial charge in [-0.05, 0) is 63.5 Å². The summed E-state index contributed by atoms with van der Waals surface area (Å²) in [7, 11) is 1.67. The van der Waals surface area contributed by atoms with Crippen molar-refractivity contribution < 1.29 is 9.53 Å². The van der Waals surface area contributed by atoms with Gasteiger partial charge in [-0.25, -0.2) is 0 Å². The van der Waals surface area contributed by atoms with Crippen LogP contribution >= 0.6 is 0 Å². The fourth-order valence-corrected chi connectivity index (χ4v) is 3.17. The van der Waals surface area contributed by atoms with Crippen molar-refractivity contribution in [3.05, 3.63) is 0 Å².